The molecule has 0 aromatic rings. The Kier molecular flexibility index (Phi) is 44.1. The average Bonchev–Trinajstić information content (AvgIpc) is 3.21. The Bertz CT molecular complexity index is 1160. The van der Waals surface area contributed by atoms with Crippen LogP contribution in [0.5, 0.6) is 0 Å². The fraction of sp³-hybridized carbons (Fsp3) is 0.615. The number of hydrogen-bond donors (Lipinski definition) is 1. The van der Waals surface area contributed by atoms with Crippen LogP contribution in [0.15, 0.2) is 109 Å². The molecule has 0 aromatic carbocycles. The summed E-state index contributed by atoms with van der Waals surface area (Å²) in [6.07, 6.45) is 67.5. The smallest absolute Gasteiger partial charge is 0.306 e. The topological polar surface area (TPSA) is 72.8 Å². The molecule has 322 valence electrons. The second-order valence-electron chi connectivity index (χ2n) is 14.8. The molecular weight excluding hydrogens is 705 g/mol. The summed E-state index contributed by atoms with van der Waals surface area (Å²) >= 11 is 0. The van der Waals surface area contributed by atoms with E-state index in [-0.39, 0.29) is 25.2 Å². The Morgan fingerprint density at radius 1 is 0.421 bits per heavy atom. The third-order valence-corrected chi connectivity index (χ3v) is 9.33. The zero-order chi connectivity index (χ0) is 41.4. The molecule has 0 bridgehead atoms. The van der Waals surface area contributed by atoms with Crippen LogP contribution >= 0.6 is 0 Å². The van der Waals surface area contributed by atoms with Crippen molar-refractivity contribution < 1.29 is 24.2 Å². The molecule has 0 saturated heterocycles. The summed E-state index contributed by atoms with van der Waals surface area (Å²) in [7, 11) is 0. The Morgan fingerprint density at radius 2 is 0.754 bits per heavy atom. The van der Waals surface area contributed by atoms with Crippen LogP contribution in [0, 0.1) is 0 Å². The predicted molar refractivity (Wildman–Crippen MR) is 246 cm³/mol. The lowest BCUT2D eigenvalue weighted by Gasteiger charge is -2.15. The minimum absolute atomic E-state index is 0.0750. The second kappa shape index (κ2) is 46.9. The number of ether oxygens (including phenoxy) is 2. The van der Waals surface area contributed by atoms with Gasteiger partial charge in [-0.15, -0.1) is 0 Å². The molecule has 0 heterocycles. The number of esters is 2. The number of allylic oxidation sites excluding steroid dienone is 18. The Balaban J connectivity index is 3.62. The molecule has 0 saturated carbocycles. The minimum Gasteiger partial charge on any atom is -0.462 e. The molecule has 0 amide bonds. The van der Waals surface area contributed by atoms with Crippen LogP contribution in [0.3, 0.4) is 0 Å². The third-order valence-electron chi connectivity index (χ3n) is 9.33. The van der Waals surface area contributed by atoms with Gasteiger partial charge in [-0.3, -0.25) is 9.59 Å². The van der Waals surface area contributed by atoms with Crippen molar-refractivity contribution >= 4 is 11.9 Å². The number of hydrogen-bond acceptors (Lipinski definition) is 5. The van der Waals surface area contributed by atoms with Gasteiger partial charge in [-0.05, 0) is 83.5 Å². The molecule has 0 aliphatic rings. The van der Waals surface area contributed by atoms with Gasteiger partial charge in [0.15, 0.2) is 6.10 Å². The maximum Gasteiger partial charge on any atom is 0.306 e. The van der Waals surface area contributed by atoms with Gasteiger partial charge in [-0.1, -0.05) is 200 Å². The minimum atomic E-state index is -0.780. The first kappa shape index (κ1) is 53.6. The predicted octanol–water partition coefficient (Wildman–Crippen LogP) is 15.0. The summed E-state index contributed by atoms with van der Waals surface area (Å²) in [5.74, 6) is -0.616. The fourth-order valence-corrected chi connectivity index (χ4v) is 5.90. The molecule has 0 spiro atoms. The summed E-state index contributed by atoms with van der Waals surface area (Å²) in [4.78, 5) is 24.2. The lowest BCUT2D eigenvalue weighted by molar-refractivity contribution is -0.161. The van der Waals surface area contributed by atoms with E-state index in [1.807, 2.05) is 0 Å². The molecule has 0 aliphatic carbocycles. The van der Waals surface area contributed by atoms with Gasteiger partial charge in [-0.25, -0.2) is 0 Å². The van der Waals surface area contributed by atoms with Crippen molar-refractivity contribution in [3.8, 4) is 0 Å². The van der Waals surface area contributed by atoms with Crippen LogP contribution in [-0.2, 0) is 19.1 Å². The number of rotatable bonds is 40. The summed E-state index contributed by atoms with van der Waals surface area (Å²) in [6, 6.07) is 0. The molecule has 57 heavy (non-hydrogen) atoms. The van der Waals surface area contributed by atoms with Gasteiger partial charge in [0.2, 0.25) is 0 Å². The van der Waals surface area contributed by atoms with E-state index in [9.17, 15) is 14.7 Å². The van der Waals surface area contributed by atoms with Crippen molar-refractivity contribution in [2.45, 2.75) is 193 Å². The highest BCUT2D eigenvalue weighted by molar-refractivity contribution is 5.70. The molecule has 5 heteroatoms. The maximum absolute atomic E-state index is 12.2. The molecule has 0 radical (unpaired) electrons. The quantitative estimate of drug-likeness (QED) is 0.0380. The molecule has 1 atom stereocenters. The van der Waals surface area contributed by atoms with Gasteiger partial charge in [0.25, 0.3) is 0 Å². The van der Waals surface area contributed by atoms with Crippen LogP contribution in [0.4, 0.5) is 0 Å². The normalized spacial score (nSPS) is 13.2. The van der Waals surface area contributed by atoms with Crippen molar-refractivity contribution in [3.05, 3.63) is 109 Å². The summed E-state index contributed by atoms with van der Waals surface area (Å²) in [6.45, 7) is 3.96. The van der Waals surface area contributed by atoms with Crippen molar-refractivity contribution in [3.63, 3.8) is 0 Å². The highest BCUT2D eigenvalue weighted by Crippen LogP contribution is 2.12. The van der Waals surface area contributed by atoms with Crippen LogP contribution in [0.1, 0.15) is 187 Å². The van der Waals surface area contributed by atoms with Crippen LogP contribution in [0.25, 0.3) is 0 Å². The van der Waals surface area contributed by atoms with Crippen molar-refractivity contribution in [2.24, 2.45) is 0 Å². The number of unbranched alkanes of at least 4 members (excludes halogenated alkanes) is 14. The standard InChI is InChI=1S/C52H84O5/c1-3-5-7-9-11-13-14-15-16-17-18-19-20-21-22-23-24-25-26-27-28-29-30-31-32-33-34-35-36-37-38-39-41-43-45-47-52(55)57-50(48-53)49-56-51(54)46-44-42-40-12-10-8-6-4-2/h5,7,11,13,15-16,18-19,21-22,24-25,27-28,30-31,33-34,50,53H,3-4,6,8-10,12,14,17,20,23,26,29,32,35-49H2,1-2H3/b7-5-,13-11-,16-15-,19-18-,22-21-,25-24-,28-27-,31-30-,34-33-. The molecular formula is C52H84O5. The van der Waals surface area contributed by atoms with Crippen LogP contribution < -0.4 is 0 Å². The van der Waals surface area contributed by atoms with E-state index in [0.717, 1.165) is 103 Å². The molecule has 0 fully saturated rings. The molecule has 0 rings (SSSR count). The van der Waals surface area contributed by atoms with Gasteiger partial charge in [0.1, 0.15) is 6.61 Å². The highest BCUT2D eigenvalue weighted by atomic mass is 16.6. The monoisotopic (exact) mass is 789 g/mol. The van der Waals surface area contributed by atoms with E-state index in [4.69, 9.17) is 9.47 Å². The Morgan fingerprint density at radius 3 is 1.14 bits per heavy atom. The molecule has 1 N–H and O–H groups in total. The van der Waals surface area contributed by atoms with Crippen LogP contribution in [0.2, 0.25) is 0 Å². The summed E-state index contributed by atoms with van der Waals surface area (Å²) in [5.41, 5.74) is 0. The van der Waals surface area contributed by atoms with Gasteiger partial charge in [-0.2, -0.15) is 0 Å². The molecule has 1 unspecified atom stereocenters. The maximum atomic E-state index is 12.2. The molecule has 0 aromatic heterocycles. The number of aliphatic hydroxyl groups excluding tert-OH is 1. The zero-order valence-electron chi connectivity index (χ0n) is 36.6. The van der Waals surface area contributed by atoms with E-state index < -0.39 is 6.10 Å². The zero-order valence-corrected chi connectivity index (χ0v) is 36.6. The van der Waals surface area contributed by atoms with Gasteiger partial charge in [0.05, 0.1) is 6.61 Å². The first-order valence-electron chi connectivity index (χ1n) is 22.9. The highest BCUT2D eigenvalue weighted by Gasteiger charge is 2.16. The van der Waals surface area contributed by atoms with E-state index in [1.165, 1.54) is 57.8 Å². The first-order valence-corrected chi connectivity index (χ1v) is 22.9. The Hall–Kier alpha value is -3.44. The van der Waals surface area contributed by atoms with Crippen molar-refractivity contribution in [1.29, 1.82) is 0 Å². The summed E-state index contributed by atoms with van der Waals surface area (Å²) in [5, 5.41) is 9.54. The number of aliphatic hydroxyl groups is 1. The number of carbonyl (C=O) groups is 2. The van der Waals surface area contributed by atoms with E-state index in [1.54, 1.807) is 0 Å². The molecule has 0 aliphatic heterocycles. The largest absolute Gasteiger partial charge is 0.462 e. The fourth-order valence-electron chi connectivity index (χ4n) is 5.90. The van der Waals surface area contributed by atoms with Crippen LogP contribution in [-0.4, -0.2) is 36.4 Å². The van der Waals surface area contributed by atoms with Gasteiger partial charge >= 0.3 is 11.9 Å². The second-order valence-corrected chi connectivity index (χ2v) is 14.8. The lowest BCUT2D eigenvalue weighted by atomic mass is 10.1. The lowest BCUT2D eigenvalue weighted by Crippen LogP contribution is -2.28. The van der Waals surface area contributed by atoms with E-state index in [0.29, 0.717) is 12.8 Å². The average molecular weight is 789 g/mol. The SMILES string of the molecule is CC/C=C\C/C=C\C/C=C\C/C=C\C/C=C\C/C=C\C/C=C\C/C=C\C/C=C\CCCCCCCCCC(=O)OC(CO)COC(=O)CCCCCCCCCC. The van der Waals surface area contributed by atoms with E-state index in [2.05, 4.69) is 123 Å². The van der Waals surface area contributed by atoms with Crippen molar-refractivity contribution in [2.75, 3.05) is 13.2 Å². The van der Waals surface area contributed by atoms with Crippen molar-refractivity contribution in [1.82, 2.24) is 0 Å². The summed E-state index contributed by atoms with van der Waals surface area (Å²) < 4.78 is 10.6. The van der Waals surface area contributed by atoms with Gasteiger partial charge < -0.3 is 14.6 Å². The van der Waals surface area contributed by atoms with E-state index >= 15 is 0 Å². The first-order chi connectivity index (χ1) is 28.1. The Labute approximate surface area is 350 Å². The molecule has 5 nitrogen and oxygen atoms in total. The number of carbonyl (C=O) groups excluding carboxylic acids is 2. The third kappa shape index (κ3) is 45.1. The van der Waals surface area contributed by atoms with Gasteiger partial charge in [0, 0.05) is 12.8 Å².